The summed E-state index contributed by atoms with van der Waals surface area (Å²) in [6.45, 7) is 0. The largest absolute Gasteiger partial charge is 0.481 e. The van der Waals surface area contributed by atoms with Crippen molar-refractivity contribution in [3.63, 3.8) is 0 Å². The van der Waals surface area contributed by atoms with Crippen molar-refractivity contribution >= 4 is 11.9 Å². The zero-order valence-corrected chi connectivity index (χ0v) is 7.03. The van der Waals surface area contributed by atoms with Crippen molar-refractivity contribution in [3.8, 4) is 0 Å². The van der Waals surface area contributed by atoms with Gasteiger partial charge in [-0.05, 0) is 17.7 Å². The van der Waals surface area contributed by atoms with Gasteiger partial charge in [0.15, 0.2) is 0 Å². The first kappa shape index (κ1) is 10.2. The molecule has 5 heteroatoms. The molecular weight excluding hydrogens is 191 g/mol. The van der Waals surface area contributed by atoms with Crippen LogP contribution in [0.1, 0.15) is 15.9 Å². The second kappa shape index (κ2) is 3.87. The van der Waals surface area contributed by atoms with Crippen molar-refractivity contribution in [2.45, 2.75) is 6.42 Å². The predicted octanol–water partition coefficient (Wildman–Crippen LogP) is 1.15. The van der Waals surface area contributed by atoms with Gasteiger partial charge in [-0.1, -0.05) is 6.07 Å². The molecule has 0 aromatic heterocycles. The van der Waals surface area contributed by atoms with Crippen LogP contribution in [0.5, 0.6) is 0 Å². The summed E-state index contributed by atoms with van der Waals surface area (Å²) in [6, 6.07) is 3.21. The summed E-state index contributed by atoms with van der Waals surface area (Å²) in [5.74, 6) is -3.37. The summed E-state index contributed by atoms with van der Waals surface area (Å²) in [5, 5.41) is 17.0. The smallest absolute Gasteiger partial charge is 0.338 e. The molecule has 0 spiro atoms. The molecule has 0 aliphatic heterocycles. The molecule has 1 rings (SSSR count). The van der Waals surface area contributed by atoms with Crippen LogP contribution in [0.3, 0.4) is 0 Å². The highest BCUT2D eigenvalue weighted by atomic mass is 19.1. The zero-order valence-electron chi connectivity index (χ0n) is 7.03. The highest BCUT2D eigenvalue weighted by molar-refractivity contribution is 5.88. The third-order valence-electron chi connectivity index (χ3n) is 1.62. The van der Waals surface area contributed by atoms with E-state index in [-0.39, 0.29) is 12.0 Å². The maximum atomic E-state index is 12.8. The number of aliphatic carboxylic acids is 1. The average Bonchev–Trinajstić information content (AvgIpc) is 2.07. The van der Waals surface area contributed by atoms with E-state index in [0.29, 0.717) is 0 Å². The molecule has 1 aromatic rings. The van der Waals surface area contributed by atoms with E-state index in [1.54, 1.807) is 0 Å². The summed E-state index contributed by atoms with van der Waals surface area (Å²) in [7, 11) is 0. The normalized spacial score (nSPS) is 9.79. The Balaban J connectivity index is 3.06. The molecule has 14 heavy (non-hydrogen) atoms. The average molecular weight is 198 g/mol. The summed E-state index contributed by atoms with van der Waals surface area (Å²) in [5.41, 5.74) is -0.250. The molecule has 0 atom stereocenters. The van der Waals surface area contributed by atoms with Gasteiger partial charge in [0.1, 0.15) is 5.82 Å². The van der Waals surface area contributed by atoms with E-state index in [0.717, 1.165) is 12.1 Å². The Morgan fingerprint density at radius 1 is 1.29 bits per heavy atom. The predicted molar refractivity (Wildman–Crippen MR) is 44.7 cm³/mol. The van der Waals surface area contributed by atoms with Gasteiger partial charge in [0.05, 0.1) is 12.0 Å². The highest BCUT2D eigenvalue weighted by Gasteiger charge is 2.11. The Hall–Kier alpha value is -1.91. The van der Waals surface area contributed by atoms with Crippen molar-refractivity contribution in [2.75, 3.05) is 0 Å². The van der Waals surface area contributed by atoms with E-state index in [4.69, 9.17) is 10.2 Å². The molecule has 0 fully saturated rings. The van der Waals surface area contributed by atoms with Crippen LogP contribution in [0.4, 0.5) is 4.39 Å². The molecule has 0 heterocycles. The number of carboxylic acids is 2. The van der Waals surface area contributed by atoms with Crippen LogP contribution in [0, 0.1) is 5.82 Å². The third kappa shape index (κ3) is 2.29. The van der Waals surface area contributed by atoms with Gasteiger partial charge in [-0.15, -0.1) is 0 Å². The third-order valence-corrected chi connectivity index (χ3v) is 1.62. The van der Waals surface area contributed by atoms with Crippen LogP contribution in [0.25, 0.3) is 0 Å². The molecule has 0 unspecified atom stereocenters. The topological polar surface area (TPSA) is 74.6 Å². The van der Waals surface area contributed by atoms with Crippen molar-refractivity contribution in [1.82, 2.24) is 0 Å². The number of rotatable bonds is 3. The van der Waals surface area contributed by atoms with Crippen LogP contribution in [-0.2, 0) is 11.2 Å². The van der Waals surface area contributed by atoms with Crippen LogP contribution in [0.15, 0.2) is 18.2 Å². The van der Waals surface area contributed by atoms with Gasteiger partial charge in [0, 0.05) is 0 Å². The Bertz CT molecular complexity index is 386. The molecule has 0 saturated heterocycles. The van der Waals surface area contributed by atoms with Crippen molar-refractivity contribution < 1.29 is 24.2 Å². The number of hydrogen-bond acceptors (Lipinski definition) is 2. The molecule has 0 aliphatic carbocycles. The molecule has 4 nitrogen and oxygen atoms in total. The summed E-state index contributed by atoms with van der Waals surface area (Å²) in [6.07, 6.45) is -0.319. The van der Waals surface area contributed by atoms with E-state index in [9.17, 15) is 14.0 Å². The zero-order chi connectivity index (χ0) is 10.7. The van der Waals surface area contributed by atoms with E-state index >= 15 is 0 Å². The van der Waals surface area contributed by atoms with Gasteiger partial charge in [-0.2, -0.15) is 0 Å². The lowest BCUT2D eigenvalue weighted by molar-refractivity contribution is -0.136. The fraction of sp³-hybridized carbons (Fsp3) is 0.111. The Morgan fingerprint density at radius 2 is 1.93 bits per heavy atom. The van der Waals surface area contributed by atoms with Crippen LogP contribution in [-0.4, -0.2) is 22.2 Å². The molecule has 0 amide bonds. The summed E-state index contributed by atoms with van der Waals surface area (Å²) >= 11 is 0. The minimum atomic E-state index is -1.41. The second-order valence-electron chi connectivity index (χ2n) is 2.69. The molecule has 0 bridgehead atoms. The van der Waals surface area contributed by atoms with Gasteiger partial charge in [0.2, 0.25) is 0 Å². The minimum Gasteiger partial charge on any atom is -0.481 e. The maximum absolute atomic E-state index is 12.8. The monoisotopic (exact) mass is 198 g/mol. The fourth-order valence-electron chi connectivity index (χ4n) is 1.02. The van der Waals surface area contributed by atoms with Gasteiger partial charge in [-0.3, -0.25) is 4.79 Å². The van der Waals surface area contributed by atoms with Crippen LogP contribution >= 0.6 is 0 Å². The fourth-order valence-corrected chi connectivity index (χ4v) is 1.02. The lowest BCUT2D eigenvalue weighted by Crippen LogP contribution is -2.05. The van der Waals surface area contributed by atoms with E-state index in [1.807, 2.05) is 0 Å². The second-order valence-corrected chi connectivity index (χ2v) is 2.69. The number of carbonyl (C=O) groups is 2. The van der Waals surface area contributed by atoms with Gasteiger partial charge >= 0.3 is 11.9 Å². The van der Waals surface area contributed by atoms with Crippen molar-refractivity contribution in [3.05, 3.63) is 35.1 Å². The van der Waals surface area contributed by atoms with E-state index < -0.39 is 23.3 Å². The molecule has 0 radical (unpaired) electrons. The van der Waals surface area contributed by atoms with E-state index in [1.165, 1.54) is 6.07 Å². The van der Waals surface area contributed by atoms with E-state index in [2.05, 4.69) is 0 Å². The molecule has 0 aliphatic rings. The minimum absolute atomic E-state index is 0.260. The first-order valence-corrected chi connectivity index (χ1v) is 3.74. The van der Waals surface area contributed by atoms with Crippen molar-refractivity contribution in [2.24, 2.45) is 0 Å². The Labute approximate surface area is 78.6 Å². The molecule has 0 saturated carbocycles. The van der Waals surface area contributed by atoms with Gasteiger partial charge < -0.3 is 10.2 Å². The Kier molecular flexibility index (Phi) is 2.81. The number of benzene rings is 1. The summed E-state index contributed by atoms with van der Waals surface area (Å²) in [4.78, 5) is 20.8. The van der Waals surface area contributed by atoms with Gasteiger partial charge in [0.25, 0.3) is 0 Å². The van der Waals surface area contributed by atoms with Gasteiger partial charge in [-0.25, -0.2) is 9.18 Å². The lowest BCUT2D eigenvalue weighted by atomic mass is 10.1. The molecule has 2 N–H and O–H groups in total. The van der Waals surface area contributed by atoms with Crippen LogP contribution in [0.2, 0.25) is 0 Å². The highest BCUT2D eigenvalue weighted by Crippen LogP contribution is 2.11. The summed E-state index contributed by atoms with van der Waals surface area (Å²) < 4.78 is 12.8. The SMILES string of the molecule is O=C(O)Cc1ccc(F)c(C(=O)O)c1. The molecular formula is C9H7FO4. The first-order valence-electron chi connectivity index (χ1n) is 3.74. The number of carboxylic acid groups (broad SMARTS) is 2. The molecule has 1 aromatic carbocycles. The number of halogens is 1. The number of aromatic carboxylic acids is 1. The quantitative estimate of drug-likeness (QED) is 0.763. The number of hydrogen-bond donors (Lipinski definition) is 2. The first-order chi connectivity index (χ1) is 6.50. The lowest BCUT2D eigenvalue weighted by Gasteiger charge is -2.00. The molecule has 74 valence electrons. The maximum Gasteiger partial charge on any atom is 0.338 e. The van der Waals surface area contributed by atoms with Crippen LogP contribution < -0.4 is 0 Å². The Morgan fingerprint density at radius 3 is 2.43 bits per heavy atom. The van der Waals surface area contributed by atoms with Crippen molar-refractivity contribution in [1.29, 1.82) is 0 Å². The standard InChI is InChI=1S/C9H7FO4/c10-7-2-1-5(4-8(11)12)3-6(7)9(13)14/h1-3H,4H2,(H,11,12)(H,13,14).